The molecule has 2 atom stereocenters. The molecule has 0 aliphatic carbocycles. The summed E-state index contributed by atoms with van der Waals surface area (Å²) in [7, 11) is 0. The lowest BCUT2D eigenvalue weighted by Gasteiger charge is -2.17. The molecule has 2 unspecified atom stereocenters. The van der Waals surface area contributed by atoms with Crippen LogP contribution in [0.15, 0.2) is 0 Å². The number of ether oxygens (including phenoxy) is 2. The Morgan fingerprint density at radius 2 is 0.571 bits per heavy atom. The van der Waals surface area contributed by atoms with Gasteiger partial charge in [0.15, 0.2) is 0 Å². The van der Waals surface area contributed by atoms with E-state index in [-0.39, 0.29) is 11.9 Å². The van der Waals surface area contributed by atoms with E-state index in [0.29, 0.717) is 51.1 Å². The van der Waals surface area contributed by atoms with Gasteiger partial charge in [-0.3, -0.25) is 9.59 Å². The highest BCUT2D eigenvalue weighted by Gasteiger charge is 2.14. The van der Waals surface area contributed by atoms with Crippen LogP contribution in [0.2, 0.25) is 0 Å². The monoisotopic (exact) mass is 797 g/mol. The number of carbonyl (C=O) groups is 2. The molecule has 0 aromatic carbocycles. The second-order valence-electron chi connectivity index (χ2n) is 17.1. The Bertz CT molecular complexity index is 696. The summed E-state index contributed by atoms with van der Waals surface area (Å²) in [6.07, 6.45) is 45.1. The Morgan fingerprint density at radius 1 is 0.339 bits per heavy atom. The third-order valence-corrected chi connectivity index (χ3v) is 11.4. The van der Waals surface area contributed by atoms with Crippen LogP contribution in [0.1, 0.15) is 272 Å². The van der Waals surface area contributed by atoms with E-state index in [9.17, 15) is 9.59 Å². The topological polar surface area (TPSA) is 93.1 Å². The molecule has 0 fully saturated rings. The Morgan fingerprint density at radius 3 is 0.857 bits per heavy atom. The van der Waals surface area contributed by atoms with Crippen LogP contribution in [0.3, 0.4) is 0 Å². The molecular formula is C50H100O6. The number of rotatable bonds is 44. The molecular weight excluding hydrogens is 697 g/mol. The Balaban J connectivity index is 0. The van der Waals surface area contributed by atoms with Crippen LogP contribution in [-0.2, 0) is 19.1 Å². The Hall–Kier alpha value is -1.14. The van der Waals surface area contributed by atoms with E-state index in [4.69, 9.17) is 19.7 Å². The summed E-state index contributed by atoms with van der Waals surface area (Å²) in [5, 5.41) is 17.5. The molecule has 6 nitrogen and oxygen atoms in total. The van der Waals surface area contributed by atoms with Crippen LogP contribution in [0.25, 0.3) is 0 Å². The van der Waals surface area contributed by atoms with Gasteiger partial charge in [-0.1, -0.05) is 207 Å². The van der Waals surface area contributed by atoms with Gasteiger partial charge < -0.3 is 19.7 Å². The van der Waals surface area contributed by atoms with Gasteiger partial charge in [-0.15, -0.1) is 0 Å². The molecule has 6 heteroatoms. The predicted molar refractivity (Wildman–Crippen MR) is 241 cm³/mol. The number of carbonyl (C=O) groups excluding carboxylic acids is 2. The van der Waals surface area contributed by atoms with Gasteiger partial charge >= 0.3 is 11.9 Å². The molecule has 336 valence electrons. The van der Waals surface area contributed by atoms with Crippen LogP contribution in [-0.4, -0.2) is 48.6 Å². The summed E-state index contributed by atoms with van der Waals surface area (Å²) in [6.45, 7) is 10.9. The number of aliphatic hydroxyl groups is 2. The van der Waals surface area contributed by atoms with E-state index in [2.05, 4.69) is 27.7 Å². The third-order valence-electron chi connectivity index (χ3n) is 11.4. The van der Waals surface area contributed by atoms with Crippen molar-refractivity contribution in [1.29, 1.82) is 0 Å². The largest absolute Gasteiger partial charge is 0.465 e. The van der Waals surface area contributed by atoms with Gasteiger partial charge in [0.2, 0.25) is 0 Å². The highest BCUT2D eigenvalue weighted by atomic mass is 16.5. The maximum atomic E-state index is 12.1. The first-order chi connectivity index (χ1) is 27.5. The highest BCUT2D eigenvalue weighted by molar-refractivity contribution is 5.69. The first-order valence-corrected chi connectivity index (χ1v) is 25.0. The fraction of sp³-hybridized carbons (Fsp3) is 0.960. The second-order valence-corrected chi connectivity index (χ2v) is 17.1. The zero-order valence-corrected chi connectivity index (χ0v) is 38.4. The fourth-order valence-corrected chi connectivity index (χ4v) is 7.51. The van der Waals surface area contributed by atoms with Crippen molar-refractivity contribution in [1.82, 2.24) is 0 Å². The fourth-order valence-electron chi connectivity index (χ4n) is 7.51. The molecule has 0 radical (unpaired) electrons. The van der Waals surface area contributed by atoms with E-state index >= 15 is 0 Å². The van der Waals surface area contributed by atoms with Gasteiger partial charge in [-0.25, -0.2) is 0 Å². The molecule has 2 N–H and O–H groups in total. The van der Waals surface area contributed by atoms with Crippen molar-refractivity contribution in [3.8, 4) is 0 Å². The number of hydrogen-bond donors (Lipinski definition) is 2. The van der Waals surface area contributed by atoms with Gasteiger partial charge in [0, 0.05) is 26.1 Å². The van der Waals surface area contributed by atoms with Crippen LogP contribution in [0.4, 0.5) is 0 Å². The maximum Gasteiger partial charge on any atom is 0.305 e. The number of esters is 2. The first-order valence-electron chi connectivity index (χ1n) is 25.0. The van der Waals surface area contributed by atoms with E-state index in [1.807, 2.05) is 0 Å². The summed E-state index contributed by atoms with van der Waals surface area (Å²) in [5.41, 5.74) is 0. The first kappa shape index (κ1) is 57.0. The van der Waals surface area contributed by atoms with Gasteiger partial charge in [0.1, 0.15) is 0 Å². The minimum Gasteiger partial charge on any atom is -0.465 e. The van der Waals surface area contributed by atoms with Gasteiger partial charge in [0.05, 0.1) is 13.2 Å². The van der Waals surface area contributed by atoms with Crippen molar-refractivity contribution in [2.24, 2.45) is 11.8 Å². The zero-order valence-electron chi connectivity index (χ0n) is 38.4. The van der Waals surface area contributed by atoms with E-state index in [0.717, 1.165) is 77.0 Å². The lowest BCUT2D eigenvalue weighted by Crippen LogP contribution is -2.14. The highest BCUT2D eigenvalue weighted by Crippen LogP contribution is 2.21. The van der Waals surface area contributed by atoms with Crippen LogP contribution in [0.5, 0.6) is 0 Å². The molecule has 0 aromatic rings. The zero-order chi connectivity index (χ0) is 41.4. The summed E-state index contributed by atoms with van der Waals surface area (Å²) in [6, 6.07) is 0. The minimum absolute atomic E-state index is 0.00291. The molecule has 56 heavy (non-hydrogen) atoms. The number of aliphatic hydroxyl groups excluding tert-OH is 2. The van der Waals surface area contributed by atoms with Crippen LogP contribution < -0.4 is 0 Å². The van der Waals surface area contributed by atoms with E-state index in [1.54, 1.807) is 0 Å². The third kappa shape index (κ3) is 47.2. The SMILES string of the molecule is CCCCCCCCC(CCCCCC)COC(=O)CCCCCCCCO.CCCCCCCCC(CCCCCC)COC(=O)CCCCCCCCO. The number of hydrogen-bond acceptors (Lipinski definition) is 6. The summed E-state index contributed by atoms with van der Waals surface area (Å²) in [5.74, 6) is 1.12. The van der Waals surface area contributed by atoms with Crippen molar-refractivity contribution in [2.75, 3.05) is 26.4 Å². The molecule has 0 bridgehead atoms. The lowest BCUT2D eigenvalue weighted by molar-refractivity contribution is -0.146. The Labute approximate surface area is 350 Å². The average Bonchev–Trinajstić information content (AvgIpc) is 3.20. The van der Waals surface area contributed by atoms with Gasteiger partial charge in [-0.2, -0.15) is 0 Å². The molecule has 0 aliphatic heterocycles. The summed E-state index contributed by atoms with van der Waals surface area (Å²) in [4.78, 5) is 24.1. The van der Waals surface area contributed by atoms with Crippen molar-refractivity contribution < 1.29 is 29.3 Å². The quantitative estimate of drug-likeness (QED) is 0.0471. The standard InChI is InChI=1S/2C25H50O3/c2*1-3-5-7-9-12-16-20-24(19-15-8-6-4-2)23-28-25(27)21-17-13-10-11-14-18-22-26/h2*24,26H,3-23H2,1-2H3. The molecule has 0 saturated heterocycles. The van der Waals surface area contributed by atoms with Crippen molar-refractivity contribution in [3.05, 3.63) is 0 Å². The molecule has 0 aliphatic rings. The van der Waals surface area contributed by atoms with Crippen LogP contribution in [0, 0.1) is 11.8 Å². The molecule has 0 spiro atoms. The van der Waals surface area contributed by atoms with Gasteiger partial charge in [-0.05, 0) is 63.2 Å². The average molecular weight is 797 g/mol. The second kappa shape index (κ2) is 50.0. The maximum absolute atomic E-state index is 12.1. The summed E-state index contributed by atoms with van der Waals surface area (Å²) < 4.78 is 11.3. The smallest absolute Gasteiger partial charge is 0.305 e. The van der Waals surface area contributed by atoms with E-state index < -0.39 is 0 Å². The van der Waals surface area contributed by atoms with Crippen LogP contribution >= 0.6 is 0 Å². The van der Waals surface area contributed by atoms with Gasteiger partial charge in [0.25, 0.3) is 0 Å². The predicted octanol–water partition coefficient (Wildman–Crippen LogP) is 15.2. The van der Waals surface area contributed by atoms with E-state index in [1.165, 1.54) is 154 Å². The molecule has 0 amide bonds. The molecule has 0 rings (SSSR count). The molecule has 0 saturated carbocycles. The van der Waals surface area contributed by atoms with Crippen molar-refractivity contribution in [2.45, 2.75) is 272 Å². The molecule has 0 heterocycles. The van der Waals surface area contributed by atoms with Crippen molar-refractivity contribution >= 4 is 11.9 Å². The normalized spacial score (nSPS) is 12.2. The molecule has 0 aromatic heterocycles. The summed E-state index contributed by atoms with van der Waals surface area (Å²) >= 11 is 0. The number of unbranched alkanes of at least 4 members (excludes halogenated alkanes) is 26. The lowest BCUT2D eigenvalue weighted by atomic mass is 9.95. The van der Waals surface area contributed by atoms with Crippen molar-refractivity contribution in [3.63, 3.8) is 0 Å². The minimum atomic E-state index is -0.00291. The Kier molecular flexibility index (Phi) is 50.9.